The molecule has 0 spiro atoms. The molecule has 0 saturated heterocycles. The van der Waals surface area contributed by atoms with Gasteiger partial charge in [0.15, 0.2) is 0 Å². The van der Waals surface area contributed by atoms with Gasteiger partial charge in [-0.25, -0.2) is 8.42 Å². The number of rotatable bonds is 9. The SMILES string of the molecule is COc1ccc(OC)c(S(=O)(=O)N(CCN(C)C)Cc2cccc(Cl)c2)c1. The Morgan fingerprint density at radius 3 is 2.33 bits per heavy atom. The van der Waals surface area contributed by atoms with E-state index in [1.165, 1.54) is 24.6 Å². The molecular weight excluding hydrogens is 388 g/mol. The van der Waals surface area contributed by atoms with Gasteiger partial charge in [-0.1, -0.05) is 23.7 Å². The van der Waals surface area contributed by atoms with Gasteiger partial charge in [0.05, 0.1) is 14.2 Å². The fourth-order valence-corrected chi connectivity index (χ4v) is 4.36. The minimum Gasteiger partial charge on any atom is -0.497 e. The van der Waals surface area contributed by atoms with Crippen molar-refractivity contribution in [1.29, 1.82) is 0 Å². The lowest BCUT2D eigenvalue weighted by Crippen LogP contribution is -2.36. The molecule has 0 saturated carbocycles. The van der Waals surface area contributed by atoms with Crippen LogP contribution in [-0.4, -0.2) is 59.0 Å². The third-order valence-electron chi connectivity index (χ3n) is 4.03. The first-order valence-electron chi connectivity index (χ1n) is 8.39. The highest BCUT2D eigenvalue weighted by molar-refractivity contribution is 7.89. The third-order valence-corrected chi connectivity index (χ3v) is 6.13. The molecule has 0 atom stereocenters. The molecule has 0 aliphatic carbocycles. The molecule has 8 heteroatoms. The Hall–Kier alpha value is -1.80. The summed E-state index contributed by atoms with van der Waals surface area (Å²) in [6, 6.07) is 11.9. The maximum absolute atomic E-state index is 13.4. The Labute approximate surface area is 166 Å². The molecule has 0 heterocycles. The van der Waals surface area contributed by atoms with Crippen LogP contribution in [0.5, 0.6) is 11.5 Å². The summed E-state index contributed by atoms with van der Waals surface area (Å²) in [7, 11) is 2.91. The lowest BCUT2D eigenvalue weighted by atomic mass is 10.2. The van der Waals surface area contributed by atoms with Crippen LogP contribution in [0.1, 0.15) is 5.56 Å². The number of sulfonamides is 1. The van der Waals surface area contributed by atoms with Crippen LogP contribution in [0.15, 0.2) is 47.4 Å². The summed E-state index contributed by atoms with van der Waals surface area (Å²) >= 11 is 6.06. The van der Waals surface area contributed by atoms with Crippen LogP contribution < -0.4 is 9.47 Å². The Bertz CT molecular complexity index is 872. The molecular formula is C19H25ClN2O4S. The Kier molecular flexibility index (Phi) is 7.49. The summed E-state index contributed by atoms with van der Waals surface area (Å²) in [5.74, 6) is 0.724. The highest BCUT2D eigenvalue weighted by Crippen LogP contribution is 2.31. The van der Waals surface area contributed by atoms with Gasteiger partial charge in [0.25, 0.3) is 0 Å². The Balaban J connectivity index is 2.46. The molecule has 0 unspecified atom stereocenters. The average Bonchev–Trinajstić information content (AvgIpc) is 2.64. The summed E-state index contributed by atoms with van der Waals surface area (Å²) < 4.78 is 38.7. The second kappa shape index (κ2) is 9.41. The number of hydrogen-bond donors (Lipinski definition) is 0. The van der Waals surface area contributed by atoms with Crippen molar-refractivity contribution >= 4 is 21.6 Å². The van der Waals surface area contributed by atoms with Gasteiger partial charge in [-0.05, 0) is 43.9 Å². The molecule has 0 bridgehead atoms. The summed E-state index contributed by atoms with van der Waals surface area (Å²) in [4.78, 5) is 2.01. The number of benzene rings is 2. The first-order chi connectivity index (χ1) is 12.8. The van der Waals surface area contributed by atoms with Crippen molar-refractivity contribution in [3.05, 3.63) is 53.1 Å². The zero-order valence-electron chi connectivity index (χ0n) is 16.0. The summed E-state index contributed by atoms with van der Waals surface area (Å²) in [5.41, 5.74) is 0.812. The van der Waals surface area contributed by atoms with Crippen molar-refractivity contribution in [3.8, 4) is 11.5 Å². The molecule has 2 aromatic rings. The van der Waals surface area contributed by atoms with E-state index in [9.17, 15) is 8.42 Å². The van der Waals surface area contributed by atoms with E-state index in [-0.39, 0.29) is 17.2 Å². The predicted octanol–water partition coefficient (Wildman–Crippen LogP) is 3.11. The summed E-state index contributed by atoms with van der Waals surface area (Å²) in [6.45, 7) is 1.10. The van der Waals surface area contributed by atoms with Crippen LogP contribution in [0, 0.1) is 0 Å². The van der Waals surface area contributed by atoms with Crippen LogP contribution >= 0.6 is 11.6 Å². The molecule has 2 rings (SSSR count). The first kappa shape index (κ1) is 21.5. The van der Waals surface area contributed by atoms with Crippen molar-refractivity contribution < 1.29 is 17.9 Å². The van der Waals surface area contributed by atoms with Crippen molar-refractivity contribution in [2.45, 2.75) is 11.4 Å². The topological polar surface area (TPSA) is 59.1 Å². The molecule has 0 aliphatic heterocycles. The van der Waals surface area contributed by atoms with Crippen molar-refractivity contribution in [2.24, 2.45) is 0 Å². The second-order valence-corrected chi connectivity index (χ2v) is 8.63. The fourth-order valence-electron chi connectivity index (χ4n) is 2.56. The van der Waals surface area contributed by atoms with Gasteiger partial charge >= 0.3 is 0 Å². The van der Waals surface area contributed by atoms with E-state index in [1.54, 1.807) is 30.3 Å². The number of nitrogens with zero attached hydrogens (tertiary/aromatic N) is 2. The Morgan fingerprint density at radius 2 is 1.74 bits per heavy atom. The van der Waals surface area contributed by atoms with Crippen LogP contribution in [0.25, 0.3) is 0 Å². The van der Waals surface area contributed by atoms with E-state index in [0.717, 1.165) is 5.56 Å². The van der Waals surface area contributed by atoms with Crippen molar-refractivity contribution in [3.63, 3.8) is 0 Å². The smallest absolute Gasteiger partial charge is 0.247 e. The number of ether oxygens (including phenoxy) is 2. The molecule has 0 radical (unpaired) electrons. The fraction of sp³-hybridized carbons (Fsp3) is 0.368. The van der Waals surface area contributed by atoms with Crippen LogP contribution in [0.2, 0.25) is 5.02 Å². The van der Waals surface area contributed by atoms with Gasteiger partial charge < -0.3 is 14.4 Å². The van der Waals surface area contributed by atoms with Gasteiger partial charge in [-0.2, -0.15) is 4.31 Å². The first-order valence-corrected chi connectivity index (χ1v) is 10.2. The predicted molar refractivity (Wildman–Crippen MR) is 107 cm³/mol. The molecule has 0 aliphatic rings. The van der Waals surface area contributed by atoms with Gasteiger partial charge in [-0.15, -0.1) is 0 Å². The van der Waals surface area contributed by atoms with Crippen molar-refractivity contribution in [2.75, 3.05) is 41.4 Å². The van der Waals surface area contributed by atoms with E-state index in [0.29, 0.717) is 23.9 Å². The number of methoxy groups -OCH3 is 2. The molecule has 27 heavy (non-hydrogen) atoms. The minimum absolute atomic E-state index is 0.0742. The highest BCUT2D eigenvalue weighted by Gasteiger charge is 2.28. The summed E-state index contributed by atoms with van der Waals surface area (Å²) in [5, 5.41) is 0.566. The highest BCUT2D eigenvalue weighted by atomic mass is 35.5. The van der Waals surface area contributed by atoms with Crippen LogP contribution in [0.3, 0.4) is 0 Å². The maximum Gasteiger partial charge on any atom is 0.247 e. The molecule has 0 aromatic heterocycles. The molecule has 0 fully saturated rings. The minimum atomic E-state index is -3.82. The van der Waals surface area contributed by atoms with Gasteiger partial charge in [0.1, 0.15) is 16.4 Å². The number of likely N-dealkylation sites (N-methyl/N-ethyl adjacent to an activating group) is 1. The summed E-state index contributed by atoms with van der Waals surface area (Å²) in [6.07, 6.45) is 0. The number of halogens is 1. The lowest BCUT2D eigenvalue weighted by molar-refractivity contribution is 0.327. The normalized spacial score (nSPS) is 11.8. The van der Waals surface area contributed by atoms with E-state index in [2.05, 4.69) is 0 Å². The second-order valence-electron chi connectivity index (χ2n) is 6.29. The van der Waals surface area contributed by atoms with Crippen molar-refractivity contribution in [1.82, 2.24) is 9.21 Å². The average molecular weight is 413 g/mol. The van der Waals surface area contributed by atoms with Gasteiger partial charge in [0, 0.05) is 30.7 Å². The molecule has 0 N–H and O–H groups in total. The molecule has 2 aromatic carbocycles. The third kappa shape index (κ3) is 5.59. The molecule has 6 nitrogen and oxygen atoms in total. The zero-order valence-corrected chi connectivity index (χ0v) is 17.5. The molecule has 0 amide bonds. The maximum atomic E-state index is 13.4. The largest absolute Gasteiger partial charge is 0.497 e. The number of hydrogen-bond acceptors (Lipinski definition) is 5. The van der Waals surface area contributed by atoms with Gasteiger partial charge in [0.2, 0.25) is 10.0 Å². The monoisotopic (exact) mass is 412 g/mol. The standard InChI is InChI=1S/C19H25ClN2O4S/c1-21(2)10-11-22(14-15-6-5-7-16(20)12-15)27(23,24)19-13-17(25-3)8-9-18(19)26-4/h5-9,12-13H,10-11,14H2,1-4H3. The van der Waals surface area contributed by atoms with Gasteiger partial charge in [-0.3, -0.25) is 0 Å². The zero-order chi connectivity index (χ0) is 20.0. The van der Waals surface area contributed by atoms with Crippen LogP contribution in [-0.2, 0) is 16.6 Å². The quantitative estimate of drug-likeness (QED) is 0.633. The molecule has 148 valence electrons. The van der Waals surface area contributed by atoms with E-state index in [1.807, 2.05) is 25.1 Å². The Morgan fingerprint density at radius 1 is 1.00 bits per heavy atom. The lowest BCUT2D eigenvalue weighted by Gasteiger charge is -2.25. The van der Waals surface area contributed by atoms with E-state index < -0.39 is 10.0 Å². The van der Waals surface area contributed by atoms with E-state index >= 15 is 0 Å². The van der Waals surface area contributed by atoms with Crippen LogP contribution in [0.4, 0.5) is 0 Å². The van der Waals surface area contributed by atoms with E-state index in [4.69, 9.17) is 21.1 Å².